The van der Waals surface area contributed by atoms with E-state index in [2.05, 4.69) is 11.9 Å². The first-order valence-electron chi connectivity index (χ1n) is 10.2. The number of rotatable bonds is 7. The minimum atomic E-state index is -0.714. The number of amides is 3. The van der Waals surface area contributed by atoms with Crippen LogP contribution in [0.5, 0.6) is 0 Å². The van der Waals surface area contributed by atoms with Crippen molar-refractivity contribution in [3.05, 3.63) is 58.0 Å². The van der Waals surface area contributed by atoms with E-state index in [0.717, 1.165) is 11.3 Å². The van der Waals surface area contributed by atoms with Gasteiger partial charge in [-0.1, -0.05) is 17.7 Å². The Hall–Kier alpha value is -2.95. The molecule has 0 spiro atoms. The normalized spacial score (nSPS) is 20.7. The summed E-state index contributed by atoms with van der Waals surface area (Å²) < 4.78 is 26.2. The number of ether oxygens (including phenoxy) is 2. The minimum absolute atomic E-state index is 0.0333. The molecule has 0 saturated carbocycles. The zero-order valence-corrected chi connectivity index (χ0v) is 19.0. The molecule has 1 N–H and O–H groups in total. The van der Waals surface area contributed by atoms with Gasteiger partial charge in [0.2, 0.25) is 0 Å². The van der Waals surface area contributed by atoms with Crippen LogP contribution in [0.3, 0.4) is 0 Å². The number of nitrogens with one attached hydrogen (secondary N) is 1. The summed E-state index contributed by atoms with van der Waals surface area (Å²) >= 11 is 6.98. The predicted molar refractivity (Wildman–Crippen MR) is 123 cm³/mol. The largest absolute Gasteiger partial charge is 0.442 e. The average molecular weight is 494 g/mol. The van der Waals surface area contributed by atoms with Crippen molar-refractivity contribution in [1.29, 1.82) is 0 Å². The maximum atomic E-state index is 15.0. The van der Waals surface area contributed by atoms with Crippen LogP contribution in [0, 0.1) is 5.82 Å². The number of halogens is 2. The Balaban J connectivity index is 1.40. The van der Waals surface area contributed by atoms with Crippen LogP contribution in [-0.2, 0) is 14.3 Å². The Morgan fingerprint density at radius 3 is 2.82 bits per heavy atom. The topological polar surface area (TPSA) is 88.2 Å². The second kappa shape index (κ2) is 9.90. The van der Waals surface area contributed by atoms with Gasteiger partial charge in [-0.3, -0.25) is 14.5 Å². The summed E-state index contributed by atoms with van der Waals surface area (Å²) in [7, 11) is 0. The molecule has 0 radical (unpaired) electrons. The highest BCUT2D eigenvalue weighted by Gasteiger charge is 2.35. The standard InChI is InChI=1S/C22H21ClFN3O5S/c1-2-3-17-21(29)26(8-9-31-17)13-4-5-16(15(24)10-13)27-12-14(32-22(27)30)11-25-20(28)18-6-7-19(23)33-18/h2,4-7,10,14,17H,1,3,8-9,11-12H2,(H,25,28)/t14-,17?/m0/s1. The molecule has 2 aliphatic heterocycles. The predicted octanol–water partition coefficient (Wildman–Crippen LogP) is 3.60. The van der Waals surface area contributed by atoms with E-state index < -0.39 is 24.1 Å². The highest BCUT2D eigenvalue weighted by Crippen LogP contribution is 2.30. The third-order valence-corrected chi connectivity index (χ3v) is 6.48. The van der Waals surface area contributed by atoms with E-state index in [1.165, 1.54) is 21.9 Å². The van der Waals surface area contributed by atoms with Crippen molar-refractivity contribution in [2.75, 3.05) is 36.0 Å². The van der Waals surface area contributed by atoms with Crippen molar-refractivity contribution < 1.29 is 28.2 Å². The molecule has 2 aromatic rings. The van der Waals surface area contributed by atoms with Crippen molar-refractivity contribution in [1.82, 2.24) is 5.32 Å². The fraction of sp³-hybridized carbons (Fsp3) is 0.318. The van der Waals surface area contributed by atoms with Crippen molar-refractivity contribution >= 4 is 52.2 Å². The lowest BCUT2D eigenvalue weighted by atomic mass is 10.1. The molecular weight excluding hydrogens is 473 g/mol. The molecule has 11 heteroatoms. The highest BCUT2D eigenvalue weighted by molar-refractivity contribution is 7.18. The molecule has 3 heterocycles. The lowest BCUT2D eigenvalue weighted by Gasteiger charge is -2.32. The molecule has 2 saturated heterocycles. The molecule has 33 heavy (non-hydrogen) atoms. The summed E-state index contributed by atoms with van der Waals surface area (Å²) in [5, 5.41) is 2.68. The maximum Gasteiger partial charge on any atom is 0.414 e. The maximum absolute atomic E-state index is 15.0. The lowest BCUT2D eigenvalue weighted by molar-refractivity contribution is -0.133. The molecule has 0 aliphatic carbocycles. The first kappa shape index (κ1) is 23.2. The quantitative estimate of drug-likeness (QED) is 0.595. The number of carbonyl (C=O) groups excluding carboxylic acids is 3. The van der Waals surface area contributed by atoms with Gasteiger partial charge in [-0.05, 0) is 30.3 Å². The number of nitrogens with zero attached hydrogens (tertiary/aromatic N) is 2. The molecule has 2 fully saturated rings. The number of benzene rings is 1. The van der Waals surface area contributed by atoms with Gasteiger partial charge in [-0.25, -0.2) is 9.18 Å². The van der Waals surface area contributed by atoms with E-state index in [1.807, 2.05) is 0 Å². The van der Waals surface area contributed by atoms with E-state index in [0.29, 0.717) is 34.5 Å². The number of carbonyl (C=O) groups is 3. The van der Waals surface area contributed by atoms with Crippen LogP contribution in [-0.4, -0.2) is 56.4 Å². The van der Waals surface area contributed by atoms with Crippen molar-refractivity contribution in [2.45, 2.75) is 18.6 Å². The molecule has 0 bridgehead atoms. The fourth-order valence-corrected chi connectivity index (χ4v) is 4.61. The number of cyclic esters (lactones) is 1. The van der Waals surface area contributed by atoms with Gasteiger partial charge in [0.25, 0.3) is 11.8 Å². The summed E-state index contributed by atoms with van der Waals surface area (Å²) in [5.74, 6) is -1.26. The van der Waals surface area contributed by atoms with Gasteiger partial charge < -0.3 is 19.7 Å². The lowest BCUT2D eigenvalue weighted by Crippen LogP contribution is -2.47. The molecule has 1 aromatic heterocycles. The van der Waals surface area contributed by atoms with Crippen LogP contribution in [0.25, 0.3) is 0 Å². The smallest absolute Gasteiger partial charge is 0.414 e. The number of thiophene rings is 1. The van der Waals surface area contributed by atoms with Crippen molar-refractivity contribution in [2.24, 2.45) is 0 Å². The van der Waals surface area contributed by atoms with Crippen LogP contribution in [0.2, 0.25) is 4.34 Å². The summed E-state index contributed by atoms with van der Waals surface area (Å²) in [6, 6.07) is 7.45. The first-order chi connectivity index (χ1) is 15.9. The zero-order chi connectivity index (χ0) is 23.5. The molecule has 8 nitrogen and oxygen atoms in total. The van der Waals surface area contributed by atoms with Gasteiger partial charge in [0.1, 0.15) is 18.0 Å². The molecule has 2 atom stereocenters. The number of morpholine rings is 1. The van der Waals surface area contributed by atoms with E-state index >= 15 is 0 Å². The summed E-state index contributed by atoms with van der Waals surface area (Å²) in [4.78, 5) is 40.2. The Morgan fingerprint density at radius 2 is 2.12 bits per heavy atom. The number of hydrogen-bond donors (Lipinski definition) is 1. The molecule has 2 aliphatic rings. The Bertz CT molecular complexity index is 1090. The Morgan fingerprint density at radius 1 is 1.30 bits per heavy atom. The zero-order valence-electron chi connectivity index (χ0n) is 17.5. The van der Waals surface area contributed by atoms with Crippen LogP contribution >= 0.6 is 22.9 Å². The fourth-order valence-electron chi connectivity index (χ4n) is 3.66. The first-order valence-corrected chi connectivity index (χ1v) is 11.4. The summed E-state index contributed by atoms with van der Waals surface area (Å²) in [6.07, 6.45) is -0.0328. The minimum Gasteiger partial charge on any atom is -0.442 e. The van der Waals surface area contributed by atoms with Crippen LogP contribution < -0.4 is 15.1 Å². The number of hydrogen-bond acceptors (Lipinski definition) is 6. The van der Waals surface area contributed by atoms with Gasteiger partial charge in [0.05, 0.1) is 34.6 Å². The molecule has 4 rings (SSSR count). The molecule has 174 valence electrons. The Kier molecular flexibility index (Phi) is 6.96. The van der Waals surface area contributed by atoms with Crippen LogP contribution in [0.4, 0.5) is 20.6 Å². The van der Waals surface area contributed by atoms with Gasteiger partial charge in [-0.2, -0.15) is 0 Å². The third kappa shape index (κ3) is 5.02. The second-order valence-electron chi connectivity index (χ2n) is 7.44. The summed E-state index contributed by atoms with van der Waals surface area (Å²) in [5.41, 5.74) is 0.413. The van der Waals surface area contributed by atoms with E-state index in [1.54, 1.807) is 24.3 Å². The van der Waals surface area contributed by atoms with E-state index in [-0.39, 0.29) is 30.6 Å². The molecule has 1 aromatic carbocycles. The Labute approximate surface area is 198 Å². The van der Waals surface area contributed by atoms with E-state index in [9.17, 15) is 18.8 Å². The van der Waals surface area contributed by atoms with Gasteiger partial charge in [0, 0.05) is 18.7 Å². The van der Waals surface area contributed by atoms with Crippen molar-refractivity contribution in [3.63, 3.8) is 0 Å². The SMILES string of the molecule is C=CCC1OCCN(c2ccc(N3C[C@H](CNC(=O)c4ccc(Cl)s4)OC3=O)c(F)c2)C1=O. The average Bonchev–Trinajstić information content (AvgIpc) is 3.39. The van der Waals surface area contributed by atoms with Gasteiger partial charge in [0.15, 0.2) is 0 Å². The van der Waals surface area contributed by atoms with Gasteiger partial charge in [-0.15, -0.1) is 17.9 Å². The van der Waals surface area contributed by atoms with Crippen LogP contribution in [0.15, 0.2) is 43.0 Å². The number of anilines is 2. The molecule has 3 amide bonds. The second-order valence-corrected chi connectivity index (χ2v) is 9.15. The van der Waals surface area contributed by atoms with E-state index in [4.69, 9.17) is 21.1 Å². The van der Waals surface area contributed by atoms with Crippen molar-refractivity contribution in [3.8, 4) is 0 Å². The van der Waals surface area contributed by atoms with Gasteiger partial charge >= 0.3 is 6.09 Å². The monoisotopic (exact) mass is 493 g/mol. The molecular formula is C22H21ClFN3O5S. The van der Waals surface area contributed by atoms with Crippen LogP contribution in [0.1, 0.15) is 16.1 Å². The molecule has 1 unspecified atom stereocenters. The summed E-state index contributed by atoms with van der Waals surface area (Å²) in [6.45, 7) is 4.39. The highest BCUT2D eigenvalue weighted by atomic mass is 35.5. The third-order valence-electron chi connectivity index (χ3n) is 5.25.